The SMILES string of the molecule is Cc1nc2cc(OCC3CCCNC3)c([N+](=O)[O-])cc2s1. The van der Waals surface area contributed by atoms with E-state index in [4.69, 9.17) is 4.74 Å². The van der Waals surface area contributed by atoms with Crippen molar-refractivity contribution in [2.24, 2.45) is 5.92 Å². The van der Waals surface area contributed by atoms with E-state index in [1.807, 2.05) is 6.92 Å². The molecular formula is C14H17N3O3S. The molecule has 1 unspecified atom stereocenters. The Hall–Kier alpha value is -1.73. The molecule has 2 aromatic rings. The molecule has 1 saturated heterocycles. The zero-order valence-electron chi connectivity index (χ0n) is 11.8. The average Bonchev–Trinajstić information content (AvgIpc) is 2.84. The number of hydrogen-bond donors (Lipinski definition) is 1. The summed E-state index contributed by atoms with van der Waals surface area (Å²) in [4.78, 5) is 15.2. The number of nitrogens with one attached hydrogen (secondary N) is 1. The van der Waals surface area contributed by atoms with Crippen molar-refractivity contribution in [3.05, 3.63) is 27.3 Å². The molecule has 1 aliphatic rings. The van der Waals surface area contributed by atoms with Gasteiger partial charge in [0, 0.05) is 24.6 Å². The number of hydrogen-bond acceptors (Lipinski definition) is 6. The molecule has 0 radical (unpaired) electrons. The molecule has 1 atom stereocenters. The van der Waals surface area contributed by atoms with Gasteiger partial charge in [0.25, 0.3) is 0 Å². The van der Waals surface area contributed by atoms with E-state index in [9.17, 15) is 10.1 Å². The predicted octanol–water partition coefficient (Wildman–Crippen LogP) is 2.89. The van der Waals surface area contributed by atoms with Crippen LogP contribution in [0.5, 0.6) is 5.75 Å². The Labute approximate surface area is 126 Å². The fraction of sp³-hybridized carbons (Fsp3) is 0.500. The molecule has 3 rings (SSSR count). The van der Waals surface area contributed by atoms with Gasteiger partial charge in [-0.2, -0.15) is 0 Å². The van der Waals surface area contributed by atoms with E-state index >= 15 is 0 Å². The summed E-state index contributed by atoms with van der Waals surface area (Å²) in [7, 11) is 0. The number of nitro benzene ring substituents is 1. The number of ether oxygens (including phenoxy) is 1. The van der Waals surface area contributed by atoms with Gasteiger partial charge in [-0.3, -0.25) is 10.1 Å². The molecule has 6 nitrogen and oxygen atoms in total. The van der Waals surface area contributed by atoms with E-state index in [0.717, 1.165) is 41.2 Å². The maximum absolute atomic E-state index is 11.2. The maximum atomic E-state index is 11.2. The van der Waals surface area contributed by atoms with Crippen LogP contribution in [0.3, 0.4) is 0 Å². The molecule has 0 aliphatic carbocycles. The number of aromatic nitrogens is 1. The summed E-state index contributed by atoms with van der Waals surface area (Å²) in [6.45, 7) is 4.35. The van der Waals surface area contributed by atoms with Crippen molar-refractivity contribution >= 4 is 27.2 Å². The molecule has 1 aliphatic heterocycles. The Morgan fingerprint density at radius 2 is 2.43 bits per heavy atom. The molecule has 1 aromatic carbocycles. The van der Waals surface area contributed by atoms with Crippen LogP contribution in [0.15, 0.2) is 12.1 Å². The van der Waals surface area contributed by atoms with Gasteiger partial charge in [-0.1, -0.05) is 0 Å². The standard InChI is InChI=1S/C14H17N3O3S/c1-9-16-11-5-13(12(17(18)19)6-14(11)21-9)20-8-10-3-2-4-15-7-10/h5-6,10,15H,2-4,7-8H2,1H3. The zero-order chi connectivity index (χ0) is 14.8. The quantitative estimate of drug-likeness (QED) is 0.694. The number of nitrogens with zero attached hydrogens (tertiary/aromatic N) is 2. The molecule has 1 aromatic heterocycles. The van der Waals surface area contributed by atoms with Crippen molar-refractivity contribution in [3.63, 3.8) is 0 Å². The molecule has 0 spiro atoms. The fourth-order valence-electron chi connectivity index (χ4n) is 2.59. The number of benzene rings is 1. The lowest BCUT2D eigenvalue weighted by Crippen LogP contribution is -2.33. The summed E-state index contributed by atoms with van der Waals surface area (Å²) >= 11 is 1.46. The minimum absolute atomic E-state index is 0.0231. The van der Waals surface area contributed by atoms with E-state index < -0.39 is 0 Å². The molecule has 2 heterocycles. The molecule has 0 bridgehead atoms. The van der Waals surface area contributed by atoms with Gasteiger partial charge in [0.2, 0.25) is 0 Å². The van der Waals surface area contributed by atoms with Crippen molar-refractivity contribution in [1.82, 2.24) is 10.3 Å². The summed E-state index contributed by atoms with van der Waals surface area (Å²) in [5.41, 5.74) is 0.787. The van der Waals surface area contributed by atoms with Gasteiger partial charge in [0.05, 0.1) is 26.8 Å². The van der Waals surface area contributed by atoms with Crippen LogP contribution in [0, 0.1) is 23.0 Å². The monoisotopic (exact) mass is 307 g/mol. The second kappa shape index (κ2) is 5.95. The van der Waals surface area contributed by atoms with Gasteiger partial charge in [-0.05, 0) is 26.3 Å². The molecular weight excluding hydrogens is 290 g/mol. The summed E-state index contributed by atoms with van der Waals surface area (Å²) < 4.78 is 6.56. The second-order valence-electron chi connectivity index (χ2n) is 5.30. The van der Waals surface area contributed by atoms with Gasteiger partial charge < -0.3 is 10.1 Å². The first-order chi connectivity index (χ1) is 10.1. The summed E-state index contributed by atoms with van der Waals surface area (Å²) in [6, 6.07) is 3.25. The van der Waals surface area contributed by atoms with E-state index in [-0.39, 0.29) is 10.6 Å². The fourth-order valence-corrected chi connectivity index (χ4v) is 3.43. The molecule has 1 N–H and O–H groups in total. The van der Waals surface area contributed by atoms with E-state index in [1.165, 1.54) is 11.3 Å². The number of aryl methyl sites for hydroxylation is 1. The highest BCUT2D eigenvalue weighted by atomic mass is 32.1. The van der Waals surface area contributed by atoms with Crippen molar-refractivity contribution in [2.45, 2.75) is 19.8 Å². The minimum atomic E-state index is -0.386. The lowest BCUT2D eigenvalue weighted by atomic mass is 10.0. The predicted molar refractivity (Wildman–Crippen MR) is 82.1 cm³/mol. The van der Waals surface area contributed by atoms with Crippen LogP contribution in [-0.2, 0) is 0 Å². The highest BCUT2D eigenvalue weighted by Gasteiger charge is 2.20. The Bertz CT molecular complexity index is 665. The van der Waals surface area contributed by atoms with E-state index in [1.54, 1.807) is 12.1 Å². The highest BCUT2D eigenvalue weighted by molar-refractivity contribution is 7.18. The van der Waals surface area contributed by atoms with Crippen LogP contribution >= 0.6 is 11.3 Å². The molecule has 7 heteroatoms. The Morgan fingerprint density at radius 3 is 3.14 bits per heavy atom. The topological polar surface area (TPSA) is 77.3 Å². The average molecular weight is 307 g/mol. The molecule has 1 fully saturated rings. The molecule has 0 saturated carbocycles. The number of piperidine rings is 1. The first-order valence-corrected chi connectivity index (χ1v) is 7.84. The Balaban J connectivity index is 1.84. The van der Waals surface area contributed by atoms with Gasteiger partial charge in [0.1, 0.15) is 0 Å². The third-order valence-corrected chi connectivity index (χ3v) is 4.58. The smallest absolute Gasteiger partial charge is 0.312 e. The van der Waals surface area contributed by atoms with Gasteiger partial charge in [-0.15, -0.1) is 11.3 Å². The number of nitro groups is 1. The second-order valence-corrected chi connectivity index (χ2v) is 6.54. The van der Waals surface area contributed by atoms with Crippen LogP contribution in [0.2, 0.25) is 0 Å². The number of thiazole rings is 1. The van der Waals surface area contributed by atoms with E-state index in [2.05, 4.69) is 10.3 Å². The van der Waals surface area contributed by atoms with Gasteiger partial charge in [-0.25, -0.2) is 4.98 Å². The first kappa shape index (κ1) is 14.2. The van der Waals surface area contributed by atoms with Crippen LogP contribution in [0.25, 0.3) is 10.2 Å². The maximum Gasteiger partial charge on any atom is 0.312 e. The lowest BCUT2D eigenvalue weighted by Gasteiger charge is -2.22. The van der Waals surface area contributed by atoms with Gasteiger partial charge >= 0.3 is 5.69 Å². The number of fused-ring (bicyclic) bond motifs is 1. The van der Waals surface area contributed by atoms with Crippen molar-refractivity contribution < 1.29 is 9.66 Å². The van der Waals surface area contributed by atoms with Crippen LogP contribution < -0.4 is 10.1 Å². The molecule has 112 valence electrons. The normalized spacial score (nSPS) is 18.8. The minimum Gasteiger partial charge on any atom is -0.486 e. The zero-order valence-corrected chi connectivity index (χ0v) is 12.6. The Kier molecular flexibility index (Phi) is 4.03. The summed E-state index contributed by atoms with van der Waals surface area (Å²) in [5, 5.41) is 15.4. The first-order valence-electron chi connectivity index (χ1n) is 7.02. The summed E-state index contributed by atoms with van der Waals surface area (Å²) in [6.07, 6.45) is 2.22. The van der Waals surface area contributed by atoms with Crippen molar-refractivity contribution in [1.29, 1.82) is 0 Å². The van der Waals surface area contributed by atoms with Crippen LogP contribution in [0.1, 0.15) is 17.8 Å². The van der Waals surface area contributed by atoms with E-state index in [0.29, 0.717) is 18.3 Å². The van der Waals surface area contributed by atoms with Crippen LogP contribution in [0.4, 0.5) is 5.69 Å². The van der Waals surface area contributed by atoms with Crippen molar-refractivity contribution in [3.8, 4) is 5.75 Å². The Morgan fingerprint density at radius 1 is 1.57 bits per heavy atom. The lowest BCUT2D eigenvalue weighted by molar-refractivity contribution is -0.385. The van der Waals surface area contributed by atoms with Crippen molar-refractivity contribution in [2.75, 3.05) is 19.7 Å². The number of rotatable bonds is 4. The van der Waals surface area contributed by atoms with Gasteiger partial charge in [0.15, 0.2) is 5.75 Å². The molecule has 21 heavy (non-hydrogen) atoms. The molecule has 0 amide bonds. The third kappa shape index (κ3) is 3.14. The third-order valence-electron chi connectivity index (χ3n) is 3.65. The highest BCUT2D eigenvalue weighted by Crippen LogP contribution is 2.35. The largest absolute Gasteiger partial charge is 0.486 e. The summed E-state index contributed by atoms with van der Waals surface area (Å²) in [5.74, 6) is 0.731. The van der Waals surface area contributed by atoms with Crippen LogP contribution in [-0.4, -0.2) is 29.6 Å².